The second-order valence-corrected chi connectivity index (χ2v) is 6.66. The third kappa shape index (κ3) is 2.92. The molecule has 1 fully saturated rings. The summed E-state index contributed by atoms with van der Waals surface area (Å²) in [5.41, 5.74) is 8.25. The van der Waals surface area contributed by atoms with Gasteiger partial charge in [-0.05, 0) is 31.9 Å². The Kier molecular flexibility index (Phi) is 4.03. The molecule has 1 aliphatic heterocycles. The molecule has 0 bridgehead atoms. The molecule has 0 radical (unpaired) electrons. The van der Waals surface area contributed by atoms with E-state index in [9.17, 15) is 0 Å². The van der Waals surface area contributed by atoms with E-state index in [0.29, 0.717) is 11.9 Å². The molecule has 0 aliphatic carbocycles. The molecule has 2 N–H and O–H groups in total. The Hall–Kier alpha value is -2.63. The zero-order valence-corrected chi connectivity index (χ0v) is 14.8. The minimum atomic E-state index is 0.480. The molecule has 3 heterocycles. The van der Waals surface area contributed by atoms with Crippen LogP contribution in [-0.2, 0) is 6.42 Å². The average Bonchev–Trinajstić information content (AvgIpc) is 2.97. The highest BCUT2D eigenvalue weighted by Gasteiger charge is 2.24. The largest absolute Gasteiger partial charge is 0.384 e. The molecule has 0 saturated carbocycles. The summed E-state index contributed by atoms with van der Waals surface area (Å²) >= 11 is 0. The Labute approximate surface area is 147 Å². The third-order valence-corrected chi connectivity index (χ3v) is 5.02. The van der Waals surface area contributed by atoms with Gasteiger partial charge in [-0.15, -0.1) is 0 Å². The number of benzene rings is 1. The van der Waals surface area contributed by atoms with Gasteiger partial charge in [0.2, 0.25) is 0 Å². The Bertz CT molecular complexity index is 892. The molecule has 130 valence electrons. The minimum absolute atomic E-state index is 0.480. The van der Waals surface area contributed by atoms with Gasteiger partial charge in [-0.2, -0.15) is 0 Å². The van der Waals surface area contributed by atoms with Crippen LogP contribution < -0.4 is 10.6 Å². The molecule has 2 aromatic heterocycles. The van der Waals surface area contributed by atoms with E-state index in [2.05, 4.69) is 51.5 Å². The number of hydrogen-bond acceptors (Lipinski definition) is 5. The van der Waals surface area contributed by atoms with Crippen LogP contribution in [0.2, 0.25) is 0 Å². The van der Waals surface area contributed by atoms with Crippen molar-refractivity contribution in [2.45, 2.75) is 39.2 Å². The van der Waals surface area contributed by atoms with Crippen LogP contribution in [0.4, 0.5) is 11.6 Å². The summed E-state index contributed by atoms with van der Waals surface area (Å²) in [6.07, 6.45) is 2.95. The van der Waals surface area contributed by atoms with Gasteiger partial charge < -0.3 is 15.2 Å². The summed E-state index contributed by atoms with van der Waals surface area (Å²) in [5.74, 6) is 3.42. The van der Waals surface area contributed by atoms with Crippen LogP contribution in [0.1, 0.15) is 37.5 Å². The first-order valence-electron chi connectivity index (χ1n) is 8.97. The van der Waals surface area contributed by atoms with E-state index < -0.39 is 0 Å². The minimum Gasteiger partial charge on any atom is -0.384 e. The molecule has 6 nitrogen and oxygen atoms in total. The lowest BCUT2D eigenvalue weighted by Crippen LogP contribution is -2.35. The molecule has 25 heavy (non-hydrogen) atoms. The average molecular weight is 336 g/mol. The van der Waals surface area contributed by atoms with Crippen molar-refractivity contribution in [3.05, 3.63) is 42.0 Å². The first-order chi connectivity index (χ1) is 12.2. The van der Waals surface area contributed by atoms with Crippen molar-refractivity contribution in [1.29, 1.82) is 0 Å². The number of para-hydroxylation sites is 2. The Morgan fingerprint density at radius 3 is 2.64 bits per heavy atom. The number of hydrogen-bond donors (Lipinski definition) is 1. The topological polar surface area (TPSA) is 72.9 Å². The van der Waals surface area contributed by atoms with E-state index in [0.717, 1.165) is 55.3 Å². The van der Waals surface area contributed by atoms with Crippen molar-refractivity contribution in [3.8, 4) is 0 Å². The fraction of sp³-hybridized carbons (Fsp3) is 0.421. The number of nitrogen functional groups attached to an aromatic ring is 1. The summed E-state index contributed by atoms with van der Waals surface area (Å²) in [7, 11) is 0. The van der Waals surface area contributed by atoms with Crippen LogP contribution in [0.5, 0.6) is 0 Å². The highest BCUT2D eigenvalue weighted by molar-refractivity contribution is 5.76. The van der Waals surface area contributed by atoms with Crippen molar-refractivity contribution in [2.24, 2.45) is 0 Å². The summed E-state index contributed by atoms with van der Waals surface area (Å²) in [6, 6.07) is 10.8. The van der Waals surface area contributed by atoms with Gasteiger partial charge in [0, 0.05) is 31.6 Å². The molecule has 0 amide bonds. The van der Waals surface area contributed by atoms with Gasteiger partial charge in [-0.1, -0.05) is 19.1 Å². The summed E-state index contributed by atoms with van der Waals surface area (Å²) in [5, 5.41) is 0. The number of fused-ring (bicyclic) bond motifs is 1. The van der Waals surface area contributed by atoms with E-state index in [1.54, 1.807) is 0 Å². The van der Waals surface area contributed by atoms with Gasteiger partial charge in [-0.25, -0.2) is 15.0 Å². The van der Waals surface area contributed by atoms with E-state index in [-0.39, 0.29) is 0 Å². The summed E-state index contributed by atoms with van der Waals surface area (Å²) in [4.78, 5) is 16.0. The van der Waals surface area contributed by atoms with E-state index in [1.165, 1.54) is 5.52 Å². The van der Waals surface area contributed by atoms with E-state index in [1.807, 2.05) is 12.1 Å². The lowest BCUT2D eigenvalue weighted by molar-refractivity contribution is 0.397. The highest BCUT2D eigenvalue weighted by Crippen LogP contribution is 2.30. The maximum Gasteiger partial charge on any atom is 0.134 e. The summed E-state index contributed by atoms with van der Waals surface area (Å²) < 4.78 is 2.40. The number of aryl methyl sites for hydroxylation is 2. The second kappa shape index (κ2) is 6.35. The predicted molar refractivity (Wildman–Crippen MR) is 101 cm³/mol. The van der Waals surface area contributed by atoms with Crippen molar-refractivity contribution in [3.63, 3.8) is 0 Å². The lowest BCUT2D eigenvalue weighted by Gasteiger charge is -2.34. The van der Waals surface area contributed by atoms with Gasteiger partial charge in [0.15, 0.2) is 0 Å². The number of piperidine rings is 1. The van der Waals surface area contributed by atoms with Crippen molar-refractivity contribution in [1.82, 2.24) is 19.5 Å². The molecule has 0 spiro atoms. The first kappa shape index (κ1) is 15.9. The summed E-state index contributed by atoms with van der Waals surface area (Å²) in [6.45, 7) is 6.09. The van der Waals surface area contributed by atoms with Crippen LogP contribution in [-0.4, -0.2) is 32.6 Å². The van der Waals surface area contributed by atoms with Gasteiger partial charge in [-0.3, -0.25) is 0 Å². The Morgan fingerprint density at radius 1 is 1.12 bits per heavy atom. The standard InChI is InChI=1S/C19H24N6/c1-3-18-22-17(20)12-19(23-18)24-10-8-14(9-11-24)25-13(2)21-15-6-4-5-7-16(15)25/h4-7,12,14H,3,8-11H2,1-2H3,(H2,20,22,23). The zero-order valence-electron chi connectivity index (χ0n) is 14.8. The van der Waals surface area contributed by atoms with Gasteiger partial charge in [0.1, 0.15) is 23.3 Å². The van der Waals surface area contributed by atoms with E-state index in [4.69, 9.17) is 10.7 Å². The normalized spacial score (nSPS) is 15.8. The molecular weight excluding hydrogens is 312 g/mol. The maximum atomic E-state index is 5.94. The molecule has 1 aliphatic rings. The van der Waals surface area contributed by atoms with Crippen LogP contribution in [0.3, 0.4) is 0 Å². The Balaban J connectivity index is 1.55. The number of nitrogens with two attached hydrogens (primary N) is 1. The molecule has 1 saturated heterocycles. The quantitative estimate of drug-likeness (QED) is 0.795. The van der Waals surface area contributed by atoms with Crippen LogP contribution in [0.15, 0.2) is 30.3 Å². The molecule has 4 rings (SSSR count). The highest BCUT2D eigenvalue weighted by atomic mass is 15.2. The lowest BCUT2D eigenvalue weighted by atomic mass is 10.0. The number of nitrogens with zero attached hydrogens (tertiary/aromatic N) is 5. The number of anilines is 2. The van der Waals surface area contributed by atoms with Crippen molar-refractivity contribution >= 4 is 22.7 Å². The smallest absolute Gasteiger partial charge is 0.134 e. The van der Waals surface area contributed by atoms with E-state index >= 15 is 0 Å². The number of rotatable bonds is 3. The second-order valence-electron chi connectivity index (χ2n) is 6.66. The molecular formula is C19H24N6. The molecule has 6 heteroatoms. The number of imidazole rings is 1. The van der Waals surface area contributed by atoms with Gasteiger partial charge in [0.25, 0.3) is 0 Å². The van der Waals surface area contributed by atoms with Crippen LogP contribution >= 0.6 is 0 Å². The maximum absolute atomic E-state index is 5.94. The Morgan fingerprint density at radius 2 is 1.88 bits per heavy atom. The molecule has 3 aromatic rings. The molecule has 1 aromatic carbocycles. The van der Waals surface area contributed by atoms with Crippen molar-refractivity contribution < 1.29 is 0 Å². The van der Waals surface area contributed by atoms with Crippen LogP contribution in [0, 0.1) is 6.92 Å². The van der Waals surface area contributed by atoms with Gasteiger partial charge >= 0.3 is 0 Å². The first-order valence-corrected chi connectivity index (χ1v) is 8.97. The molecule has 0 unspecified atom stereocenters. The zero-order chi connectivity index (χ0) is 17.4. The predicted octanol–water partition coefficient (Wildman–Crippen LogP) is 3.12. The fourth-order valence-corrected chi connectivity index (χ4v) is 3.80. The van der Waals surface area contributed by atoms with Crippen LogP contribution in [0.25, 0.3) is 11.0 Å². The van der Waals surface area contributed by atoms with Crippen molar-refractivity contribution in [2.75, 3.05) is 23.7 Å². The third-order valence-electron chi connectivity index (χ3n) is 5.02. The molecule has 0 atom stereocenters. The fourth-order valence-electron chi connectivity index (χ4n) is 3.80. The van der Waals surface area contributed by atoms with Gasteiger partial charge in [0.05, 0.1) is 11.0 Å². The monoisotopic (exact) mass is 336 g/mol. The SMILES string of the molecule is CCc1nc(N)cc(N2CCC(n3c(C)nc4ccccc43)CC2)n1. The number of aromatic nitrogens is 4.